The summed E-state index contributed by atoms with van der Waals surface area (Å²) < 4.78 is 26.4. The highest BCUT2D eigenvalue weighted by molar-refractivity contribution is 5.94. The maximum atomic E-state index is 13.2. The molecule has 0 aliphatic rings. The highest BCUT2D eigenvalue weighted by Crippen LogP contribution is 2.31. The molecule has 1 aromatic rings. The molecule has 76 valence electrons. The van der Waals surface area contributed by atoms with E-state index in [9.17, 15) is 13.6 Å². The molecule has 14 heavy (non-hydrogen) atoms. The van der Waals surface area contributed by atoms with Crippen LogP contribution in [0.1, 0.15) is 36.2 Å². The van der Waals surface area contributed by atoms with Crippen molar-refractivity contribution < 1.29 is 13.6 Å². The number of halogens is 2. The predicted octanol–water partition coefficient (Wildman–Crippen LogP) is 3.39. The van der Waals surface area contributed by atoms with Gasteiger partial charge in [0.05, 0.1) is 0 Å². The van der Waals surface area contributed by atoms with Crippen LogP contribution in [0.25, 0.3) is 0 Å². The van der Waals surface area contributed by atoms with E-state index >= 15 is 0 Å². The van der Waals surface area contributed by atoms with Crippen molar-refractivity contribution in [2.75, 3.05) is 0 Å². The van der Waals surface area contributed by atoms with Crippen molar-refractivity contribution in [3.8, 4) is 0 Å². The van der Waals surface area contributed by atoms with Crippen molar-refractivity contribution >= 4 is 5.78 Å². The Morgan fingerprint density at radius 1 is 1.43 bits per heavy atom. The minimum atomic E-state index is -2.84. The third-order valence-electron chi connectivity index (χ3n) is 2.14. The lowest BCUT2D eigenvalue weighted by molar-refractivity contribution is -0.00831. The van der Waals surface area contributed by atoms with Gasteiger partial charge in [0.1, 0.15) is 0 Å². The third kappa shape index (κ3) is 2.16. The van der Waals surface area contributed by atoms with Crippen LogP contribution < -0.4 is 0 Å². The molecule has 0 radical (unpaired) electrons. The highest BCUT2D eigenvalue weighted by Gasteiger charge is 2.28. The van der Waals surface area contributed by atoms with E-state index in [1.807, 2.05) is 0 Å². The van der Waals surface area contributed by atoms with Gasteiger partial charge in [-0.25, -0.2) is 8.78 Å². The number of carbonyl (C=O) groups excluding carboxylic acids is 1. The van der Waals surface area contributed by atoms with Crippen LogP contribution in [0.3, 0.4) is 0 Å². The summed E-state index contributed by atoms with van der Waals surface area (Å²) in [5.74, 6) is -3.04. The molecule has 0 amide bonds. The van der Waals surface area contributed by atoms with Crippen LogP contribution >= 0.6 is 0 Å². The molecule has 0 bridgehead atoms. The van der Waals surface area contributed by atoms with Gasteiger partial charge in [0.2, 0.25) is 0 Å². The zero-order chi connectivity index (χ0) is 10.8. The van der Waals surface area contributed by atoms with Crippen LogP contribution in [0.4, 0.5) is 8.78 Å². The van der Waals surface area contributed by atoms with E-state index in [0.717, 1.165) is 0 Å². The minimum Gasteiger partial charge on any atom is -0.295 e. The fourth-order valence-corrected chi connectivity index (χ4v) is 1.17. The second-order valence-corrected chi connectivity index (χ2v) is 3.19. The molecule has 1 rings (SSSR count). The number of ketones is 1. The van der Waals surface area contributed by atoms with Crippen molar-refractivity contribution in [2.24, 2.45) is 0 Å². The summed E-state index contributed by atoms with van der Waals surface area (Å²) in [4.78, 5) is 11.0. The molecule has 3 heteroatoms. The quantitative estimate of drug-likeness (QED) is 0.680. The average Bonchev–Trinajstić information content (AvgIpc) is 2.18. The maximum absolute atomic E-state index is 13.2. The van der Waals surface area contributed by atoms with Crippen molar-refractivity contribution in [3.05, 3.63) is 35.4 Å². The Hall–Kier alpha value is -1.25. The standard InChI is InChI=1S/C11H12F2O/c1-3-11(12,13)10-6-4-5-9(7-10)8(2)14/h4-7H,3H2,1-2H3. The molecule has 0 aromatic heterocycles. The lowest BCUT2D eigenvalue weighted by atomic mass is 10.0. The van der Waals surface area contributed by atoms with Gasteiger partial charge in [0.15, 0.2) is 5.78 Å². The van der Waals surface area contributed by atoms with Crippen molar-refractivity contribution in [3.63, 3.8) is 0 Å². The second kappa shape index (κ2) is 3.86. The van der Waals surface area contributed by atoms with Crippen LogP contribution in [0.15, 0.2) is 24.3 Å². The van der Waals surface area contributed by atoms with Crippen LogP contribution in [0.5, 0.6) is 0 Å². The van der Waals surface area contributed by atoms with Crippen LogP contribution in [-0.2, 0) is 5.92 Å². The topological polar surface area (TPSA) is 17.1 Å². The van der Waals surface area contributed by atoms with Gasteiger partial charge in [0, 0.05) is 17.5 Å². The van der Waals surface area contributed by atoms with Gasteiger partial charge in [-0.1, -0.05) is 25.1 Å². The van der Waals surface area contributed by atoms with E-state index in [1.165, 1.54) is 38.1 Å². The average molecular weight is 198 g/mol. The van der Waals surface area contributed by atoms with E-state index < -0.39 is 5.92 Å². The first-order valence-corrected chi connectivity index (χ1v) is 4.46. The largest absolute Gasteiger partial charge is 0.295 e. The Bertz CT molecular complexity index is 345. The molecule has 1 aromatic carbocycles. The molecule has 0 atom stereocenters. The van der Waals surface area contributed by atoms with E-state index in [4.69, 9.17) is 0 Å². The molecule has 0 spiro atoms. The number of carbonyl (C=O) groups is 1. The maximum Gasteiger partial charge on any atom is 0.273 e. The molecular formula is C11H12F2O. The first-order valence-electron chi connectivity index (χ1n) is 4.46. The zero-order valence-corrected chi connectivity index (χ0v) is 8.18. The molecule has 0 aliphatic carbocycles. The normalized spacial score (nSPS) is 11.4. The first-order chi connectivity index (χ1) is 6.47. The summed E-state index contributed by atoms with van der Waals surface area (Å²) in [5.41, 5.74) is 0.239. The molecular weight excluding hydrogens is 186 g/mol. The van der Waals surface area contributed by atoms with Gasteiger partial charge in [-0.15, -0.1) is 0 Å². The van der Waals surface area contributed by atoms with E-state index in [0.29, 0.717) is 5.56 Å². The first kappa shape index (κ1) is 10.8. The molecule has 0 aliphatic heterocycles. The third-order valence-corrected chi connectivity index (χ3v) is 2.14. The monoisotopic (exact) mass is 198 g/mol. The summed E-state index contributed by atoms with van der Waals surface area (Å²) >= 11 is 0. The SMILES string of the molecule is CCC(F)(F)c1cccc(C(C)=O)c1. The fraction of sp³-hybridized carbons (Fsp3) is 0.364. The van der Waals surface area contributed by atoms with Crippen molar-refractivity contribution in [1.29, 1.82) is 0 Å². The minimum absolute atomic E-state index is 0.0901. The van der Waals surface area contributed by atoms with Crippen LogP contribution in [0, 0.1) is 0 Å². The van der Waals surface area contributed by atoms with Crippen LogP contribution in [-0.4, -0.2) is 5.78 Å². The van der Waals surface area contributed by atoms with Crippen LogP contribution in [0.2, 0.25) is 0 Å². The summed E-state index contributed by atoms with van der Waals surface area (Å²) in [7, 11) is 0. The molecule has 0 unspecified atom stereocenters. The Balaban J connectivity index is 3.12. The number of Topliss-reactive ketones (excluding diaryl/α,β-unsaturated/α-hetero) is 1. The molecule has 0 heterocycles. The van der Waals surface area contributed by atoms with Gasteiger partial charge in [-0.2, -0.15) is 0 Å². The molecule has 0 N–H and O–H groups in total. The number of rotatable bonds is 3. The molecule has 1 nitrogen and oxygen atoms in total. The number of hydrogen-bond donors (Lipinski definition) is 0. The smallest absolute Gasteiger partial charge is 0.273 e. The van der Waals surface area contributed by atoms with E-state index in [-0.39, 0.29) is 17.8 Å². The van der Waals surface area contributed by atoms with Gasteiger partial charge >= 0.3 is 0 Å². The lowest BCUT2D eigenvalue weighted by Crippen LogP contribution is -2.12. The number of alkyl halides is 2. The van der Waals surface area contributed by atoms with Gasteiger partial charge in [-0.05, 0) is 13.0 Å². The Morgan fingerprint density at radius 3 is 2.57 bits per heavy atom. The number of hydrogen-bond acceptors (Lipinski definition) is 1. The Labute approximate surface area is 81.7 Å². The molecule has 0 saturated carbocycles. The molecule has 0 saturated heterocycles. The highest BCUT2D eigenvalue weighted by atomic mass is 19.3. The Kier molecular flexibility index (Phi) is 2.99. The summed E-state index contributed by atoms with van der Waals surface area (Å²) in [5, 5.41) is 0. The van der Waals surface area contributed by atoms with Gasteiger partial charge < -0.3 is 0 Å². The lowest BCUT2D eigenvalue weighted by Gasteiger charge is -2.14. The second-order valence-electron chi connectivity index (χ2n) is 3.19. The van der Waals surface area contributed by atoms with Crippen molar-refractivity contribution in [2.45, 2.75) is 26.2 Å². The van der Waals surface area contributed by atoms with Gasteiger partial charge in [0.25, 0.3) is 5.92 Å². The fourth-order valence-electron chi connectivity index (χ4n) is 1.17. The Morgan fingerprint density at radius 2 is 2.07 bits per heavy atom. The van der Waals surface area contributed by atoms with E-state index in [1.54, 1.807) is 0 Å². The summed E-state index contributed by atoms with van der Waals surface area (Å²) in [6.07, 6.45) is -0.256. The zero-order valence-electron chi connectivity index (χ0n) is 8.18. The van der Waals surface area contributed by atoms with E-state index in [2.05, 4.69) is 0 Å². The molecule has 0 fully saturated rings. The number of benzene rings is 1. The van der Waals surface area contributed by atoms with Gasteiger partial charge in [-0.3, -0.25) is 4.79 Å². The summed E-state index contributed by atoms with van der Waals surface area (Å²) in [6.45, 7) is 2.78. The summed E-state index contributed by atoms with van der Waals surface area (Å²) in [6, 6.07) is 5.62. The van der Waals surface area contributed by atoms with Crippen molar-refractivity contribution in [1.82, 2.24) is 0 Å². The predicted molar refractivity (Wildman–Crippen MR) is 50.6 cm³/mol.